The van der Waals surface area contributed by atoms with Gasteiger partial charge in [-0.1, -0.05) is 13.8 Å². The molecule has 2 aliphatic heterocycles. The van der Waals surface area contributed by atoms with Crippen molar-refractivity contribution in [2.45, 2.75) is 135 Å². The Balaban J connectivity index is 1.14. The molecule has 0 aromatic carbocycles. The number of hydrogen-bond acceptors (Lipinski definition) is 8. The smallest absolute Gasteiger partial charge is 0.302 e. The van der Waals surface area contributed by atoms with Gasteiger partial charge in [0.25, 0.3) is 0 Å². The monoisotopic (exact) mass is 574 g/mol. The zero-order valence-corrected chi connectivity index (χ0v) is 25.8. The summed E-state index contributed by atoms with van der Waals surface area (Å²) in [4.78, 5) is 27.9. The number of piperidine rings is 2. The first-order valence-electron chi connectivity index (χ1n) is 16.7. The van der Waals surface area contributed by atoms with Gasteiger partial charge in [0.15, 0.2) is 0 Å². The van der Waals surface area contributed by atoms with Crippen LogP contribution in [0.4, 0.5) is 0 Å². The van der Waals surface area contributed by atoms with Crippen LogP contribution in [0.25, 0.3) is 0 Å². The number of ether oxygens (including phenoxy) is 2. The molecule has 8 nitrogen and oxygen atoms in total. The maximum Gasteiger partial charge on any atom is 0.302 e. The molecule has 0 aromatic heterocycles. The van der Waals surface area contributed by atoms with Crippen molar-refractivity contribution in [3.8, 4) is 0 Å². The molecule has 6 rings (SSSR count). The molecule has 4 aliphatic carbocycles. The van der Waals surface area contributed by atoms with E-state index in [9.17, 15) is 19.8 Å². The number of likely N-dealkylation sites (tertiary alicyclic amines) is 2. The van der Waals surface area contributed by atoms with Crippen molar-refractivity contribution in [2.75, 3.05) is 26.2 Å². The average molecular weight is 575 g/mol. The predicted octanol–water partition coefficient (Wildman–Crippen LogP) is 3.76. The van der Waals surface area contributed by atoms with Gasteiger partial charge in [-0.3, -0.25) is 19.4 Å². The van der Waals surface area contributed by atoms with Crippen LogP contribution in [-0.2, 0) is 19.1 Å². The highest BCUT2D eigenvalue weighted by molar-refractivity contribution is 5.66. The molecule has 10 atom stereocenters. The van der Waals surface area contributed by atoms with Crippen LogP contribution in [0.2, 0.25) is 0 Å². The lowest BCUT2D eigenvalue weighted by molar-refractivity contribution is -0.160. The lowest BCUT2D eigenvalue weighted by Gasteiger charge is -2.62. The summed E-state index contributed by atoms with van der Waals surface area (Å²) in [5.41, 5.74) is 0.181. The fourth-order valence-corrected chi connectivity index (χ4v) is 11.1. The fourth-order valence-electron chi connectivity index (χ4n) is 11.1. The Bertz CT molecular complexity index is 977. The van der Waals surface area contributed by atoms with Gasteiger partial charge in [0, 0.05) is 52.1 Å². The number of fused-ring (bicyclic) bond motifs is 5. The van der Waals surface area contributed by atoms with Gasteiger partial charge < -0.3 is 19.7 Å². The molecule has 0 aromatic rings. The molecule has 0 unspecified atom stereocenters. The molecular weight excluding hydrogens is 520 g/mol. The number of hydrogen-bond donors (Lipinski definition) is 2. The van der Waals surface area contributed by atoms with Crippen LogP contribution >= 0.6 is 0 Å². The summed E-state index contributed by atoms with van der Waals surface area (Å²) in [7, 11) is 0. The largest absolute Gasteiger partial charge is 0.462 e. The molecule has 0 bridgehead atoms. The molecule has 6 aliphatic rings. The van der Waals surface area contributed by atoms with Gasteiger partial charge in [-0.15, -0.1) is 0 Å². The molecule has 2 N–H and O–H groups in total. The number of carbonyl (C=O) groups is 2. The van der Waals surface area contributed by atoms with E-state index in [1.807, 2.05) is 0 Å². The Morgan fingerprint density at radius 1 is 0.707 bits per heavy atom. The van der Waals surface area contributed by atoms with Crippen LogP contribution in [0.1, 0.15) is 98.3 Å². The van der Waals surface area contributed by atoms with Crippen LogP contribution in [0.15, 0.2) is 0 Å². The molecule has 6 fully saturated rings. The Kier molecular flexibility index (Phi) is 8.27. The maximum atomic E-state index is 11.8. The molecule has 2 saturated heterocycles. The second kappa shape index (κ2) is 11.4. The highest BCUT2D eigenvalue weighted by atomic mass is 16.5. The minimum absolute atomic E-state index is 0.0112. The van der Waals surface area contributed by atoms with Gasteiger partial charge in [-0.2, -0.15) is 0 Å². The minimum atomic E-state index is -0.302. The van der Waals surface area contributed by atoms with E-state index in [1.165, 1.54) is 33.1 Å². The standard InChI is InChI=1S/C33H54N2O6/c1-20(36)40-23-8-13-34(14-9-23)28-18-27-25-6-5-22-17-30(38)29(35-15-10-24(11-16-35)41-21(2)37)19-33(22,4)26(25)7-12-32(27,3)31(28)39/h22-31,38-39H,5-19H2,1-4H3/t22-,25+,26-,27-,28-,29-,30-,31-,32-,33-/m0/s1. The van der Waals surface area contributed by atoms with Gasteiger partial charge in [0.05, 0.1) is 12.2 Å². The number of nitrogens with zero attached hydrogens (tertiary/aromatic N) is 2. The molecular formula is C33H54N2O6. The van der Waals surface area contributed by atoms with Crippen LogP contribution in [0.3, 0.4) is 0 Å². The third kappa shape index (κ3) is 5.38. The van der Waals surface area contributed by atoms with E-state index in [2.05, 4.69) is 23.6 Å². The van der Waals surface area contributed by atoms with Gasteiger partial charge in [-0.25, -0.2) is 0 Å². The second-order valence-corrected chi connectivity index (χ2v) is 15.2. The number of aliphatic hydroxyl groups excluding tert-OH is 2. The number of esters is 2. The lowest BCUT2D eigenvalue weighted by atomic mass is 9.44. The second-order valence-electron chi connectivity index (χ2n) is 15.2. The van der Waals surface area contributed by atoms with Crippen LogP contribution in [0.5, 0.6) is 0 Å². The van der Waals surface area contributed by atoms with Gasteiger partial charge >= 0.3 is 11.9 Å². The van der Waals surface area contributed by atoms with Gasteiger partial charge in [0.1, 0.15) is 12.2 Å². The summed E-state index contributed by atoms with van der Waals surface area (Å²) < 4.78 is 11.0. The molecule has 8 heteroatoms. The summed E-state index contributed by atoms with van der Waals surface area (Å²) in [5.74, 6) is 2.00. The molecule has 0 radical (unpaired) electrons. The quantitative estimate of drug-likeness (QED) is 0.490. The van der Waals surface area contributed by atoms with Crippen LogP contribution in [0, 0.1) is 34.5 Å². The van der Waals surface area contributed by atoms with E-state index in [1.54, 1.807) is 0 Å². The van der Waals surface area contributed by atoms with Crippen molar-refractivity contribution < 1.29 is 29.3 Å². The first-order valence-corrected chi connectivity index (χ1v) is 16.7. The molecule has 4 saturated carbocycles. The molecule has 2 heterocycles. The van der Waals surface area contributed by atoms with Gasteiger partial charge in [-0.05, 0) is 105 Å². The van der Waals surface area contributed by atoms with E-state index in [-0.39, 0.29) is 59.3 Å². The zero-order valence-electron chi connectivity index (χ0n) is 25.8. The zero-order chi connectivity index (χ0) is 29.1. The number of rotatable bonds is 4. The summed E-state index contributed by atoms with van der Waals surface area (Å²) in [6.07, 6.45) is 10.6. The van der Waals surface area contributed by atoms with Crippen molar-refractivity contribution in [1.82, 2.24) is 9.80 Å². The fraction of sp³-hybridized carbons (Fsp3) is 0.939. The Labute approximate surface area is 246 Å². The third-order valence-electron chi connectivity index (χ3n) is 13.2. The lowest BCUT2D eigenvalue weighted by Crippen LogP contribution is -2.60. The highest BCUT2D eigenvalue weighted by Gasteiger charge is 2.63. The average Bonchev–Trinajstić information content (AvgIpc) is 3.20. The van der Waals surface area contributed by atoms with Crippen molar-refractivity contribution >= 4 is 11.9 Å². The summed E-state index contributed by atoms with van der Waals surface area (Å²) in [6.45, 7) is 11.5. The Morgan fingerprint density at radius 2 is 1.27 bits per heavy atom. The summed E-state index contributed by atoms with van der Waals surface area (Å²) >= 11 is 0. The van der Waals surface area contributed by atoms with E-state index in [0.717, 1.165) is 77.5 Å². The molecule has 0 amide bonds. The summed E-state index contributed by atoms with van der Waals surface area (Å²) in [5, 5.41) is 23.2. The SMILES string of the molecule is CC(=O)OC1CCN([C@H]2C[C@@]3(C)[C@@H](CC[C@@H]4[C@@H]3CC[C@]3(C)[C@@H](O)[C@@H](N5CCC(OC(C)=O)CC5)C[C@@H]43)C[C@@H]2O)CC1. The van der Waals surface area contributed by atoms with Crippen molar-refractivity contribution in [2.24, 2.45) is 34.5 Å². The van der Waals surface area contributed by atoms with Crippen molar-refractivity contribution in [3.05, 3.63) is 0 Å². The van der Waals surface area contributed by atoms with E-state index in [4.69, 9.17) is 9.47 Å². The first-order chi connectivity index (χ1) is 19.5. The number of aliphatic hydroxyl groups is 2. The third-order valence-corrected chi connectivity index (χ3v) is 13.2. The normalized spacial score (nSPS) is 46.3. The van der Waals surface area contributed by atoms with Crippen molar-refractivity contribution in [1.29, 1.82) is 0 Å². The topological polar surface area (TPSA) is 99.5 Å². The molecule has 232 valence electrons. The predicted molar refractivity (Wildman–Crippen MR) is 155 cm³/mol. The Morgan fingerprint density at radius 3 is 1.83 bits per heavy atom. The van der Waals surface area contributed by atoms with E-state index >= 15 is 0 Å². The Hall–Kier alpha value is -1.22. The van der Waals surface area contributed by atoms with E-state index < -0.39 is 0 Å². The minimum Gasteiger partial charge on any atom is -0.462 e. The maximum absolute atomic E-state index is 11.8. The molecule has 0 spiro atoms. The number of carbonyl (C=O) groups excluding carboxylic acids is 2. The van der Waals surface area contributed by atoms with Crippen LogP contribution in [-0.4, -0.2) is 94.6 Å². The van der Waals surface area contributed by atoms with E-state index in [0.29, 0.717) is 23.7 Å². The highest BCUT2D eigenvalue weighted by Crippen LogP contribution is 2.67. The molecule has 41 heavy (non-hydrogen) atoms. The first kappa shape index (κ1) is 29.8. The van der Waals surface area contributed by atoms with Crippen molar-refractivity contribution in [3.63, 3.8) is 0 Å². The van der Waals surface area contributed by atoms with Gasteiger partial charge in [0.2, 0.25) is 0 Å². The van der Waals surface area contributed by atoms with Crippen LogP contribution < -0.4 is 0 Å². The summed E-state index contributed by atoms with van der Waals surface area (Å²) in [6, 6.07) is 0.383.